The van der Waals surface area contributed by atoms with E-state index in [9.17, 15) is 4.39 Å². The number of halogens is 3. The average Bonchev–Trinajstić information content (AvgIpc) is 2.68. The molecule has 0 N–H and O–H groups in total. The highest BCUT2D eigenvalue weighted by Crippen LogP contribution is 2.29. The summed E-state index contributed by atoms with van der Waals surface area (Å²) in [5, 5.41) is -0.117. The average molecular weight is 317 g/mol. The fourth-order valence-corrected chi connectivity index (χ4v) is 2.46. The van der Waals surface area contributed by atoms with Crippen molar-refractivity contribution in [3.63, 3.8) is 0 Å². The van der Waals surface area contributed by atoms with Gasteiger partial charge in [-0.3, -0.25) is 0 Å². The molecule has 110 valence electrons. The molecule has 1 aromatic carbocycles. The van der Waals surface area contributed by atoms with Gasteiger partial charge in [0.1, 0.15) is 11.6 Å². The van der Waals surface area contributed by atoms with Gasteiger partial charge < -0.3 is 4.57 Å². The second-order valence-electron chi connectivity index (χ2n) is 5.67. The van der Waals surface area contributed by atoms with Crippen LogP contribution in [0.1, 0.15) is 38.9 Å². The largest absolute Gasteiger partial charge is 0.326 e. The van der Waals surface area contributed by atoms with Crippen molar-refractivity contribution in [2.75, 3.05) is 0 Å². The van der Waals surface area contributed by atoms with Crippen molar-refractivity contribution < 1.29 is 4.39 Å². The number of alkyl halides is 1. The standard InChI is InChI=1S/C15H19Cl2FN2/c1-8(2)9(3)7-20-14-5-11(17)12(18)6-13(14)19-15(20)10(4)16/h5-6,8-10H,7H2,1-4H3. The maximum atomic E-state index is 13.6. The monoisotopic (exact) mass is 316 g/mol. The fraction of sp³-hybridized carbons (Fsp3) is 0.533. The quantitative estimate of drug-likeness (QED) is 0.688. The van der Waals surface area contributed by atoms with Gasteiger partial charge >= 0.3 is 0 Å². The van der Waals surface area contributed by atoms with Crippen molar-refractivity contribution in [1.29, 1.82) is 0 Å². The maximum Gasteiger partial charge on any atom is 0.144 e. The van der Waals surface area contributed by atoms with Crippen molar-refractivity contribution in [3.8, 4) is 0 Å². The Kier molecular flexibility index (Phi) is 4.60. The fourth-order valence-electron chi connectivity index (χ4n) is 2.13. The molecule has 2 nitrogen and oxygen atoms in total. The van der Waals surface area contributed by atoms with E-state index in [0.29, 0.717) is 17.4 Å². The van der Waals surface area contributed by atoms with Crippen molar-refractivity contribution in [3.05, 3.63) is 28.8 Å². The molecule has 0 amide bonds. The van der Waals surface area contributed by atoms with Crippen LogP contribution in [0.4, 0.5) is 4.39 Å². The molecule has 0 aliphatic rings. The van der Waals surface area contributed by atoms with Gasteiger partial charge in [-0.2, -0.15) is 0 Å². The highest BCUT2D eigenvalue weighted by atomic mass is 35.5. The molecule has 0 aliphatic heterocycles. The molecule has 1 heterocycles. The number of rotatable bonds is 4. The normalized spacial score (nSPS) is 15.0. The minimum Gasteiger partial charge on any atom is -0.326 e. The molecule has 5 heteroatoms. The van der Waals surface area contributed by atoms with E-state index in [4.69, 9.17) is 23.2 Å². The van der Waals surface area contributed by atoms with Gasteiger partial charge in [0.25, 0.3) is 0 Å². The summed E-state index contributed by atoms with van der Waals surface area (Å²) in [4.78, 5) is 4.46. The first-order valence-corrected chi connectivity index (χ1v) is 7.62. The molecule has 0 spiro atoms. The van der Waals surface area contributed by atoms with Crippen LogP contribution >= 0.6 is 23.2 Å². The van der Waals surface area contributed by atoms with Crippen LogP contribution in [-0.4, -0.2) is 9.55 Å². The molecule has 0 fully saturated rings. The molecule has 2 unspecified atom stereocenters. The summed E-state index contributed by atoms with van der Waals surface area (Å²) in [6, 6.07) is 3.01. The summed E-state index contributed by atoms with van der Waals surface area (Å²) in [5.74, 6) is 1.32. The predicted molar refractivity (Wildman–Crippen MR) is 83.0 cm³/mol. The molecule has 2 aromatic rings. The Morgan fingerprint density at radius 1 is 1.25 bits per heavy atom. The van der Waals surface area contributed by atoms with Gasteiger partial charge in [-0.05, 0) is 24.8 Å². The van der Waals surface area contributed by atoms with E-state index in [0.717, 1.165) is 17.9 Å². The highest BCUT2D eigenvalue weighted by molar-refractivity contribution is 6.31. The lowest BCUT2D eigenvalue weighted by Crippen LogP contribution is -2.15. The van der Waals surface area contributed by atoms with Gasteiger partial charge in [0, 0.05) is 12.6 Å². The Labute approximate surface area is 128 Å². The third-order valence-corrected chi connectivity index (χ3v) is 4.27. The first-order valence-electron chi connectivity index (χ1n) is 6.80. The number of nitrogens with zero attached hydrogens (tertiary/aromatic N) is 2. The van der Waals surface area contributed by atoms with Gasteiger partial charge in [-0.25, -0.2) is 9.37 Å². The number of imidazole rings is 1. The second-order valence-corrected chi connectivity index (χ2v) is 6.73. The van der Waals surface area contributed by atoms with Gasteiger partial charge in [0.15, 0.2) is 0 Å². The number of fused-ring (bicyclic) bond motifs is 1. The molecule has 2 atom stereocenters. The summed E-state index contributed by atoms with van der Waals surface area (Å²) in [7, 11) is 0. The molecule has 2 rings (SSSR count). The van der Waals surface area contributed by atoms with Crippen LogP contribution in [0.3, 0.4) is 0 Å². The lowest BCUT2D eigenvalue weighted by Gasteiger charge is -2.19. The van der Waals surface area contributed by atoms with Crippen molar-refractivity contribution in [1.82, 2.24) is 9.55 Å². The minimum atomic E-state index is -0.450. The molecule has 0 saturated carbocycles. The third-order valence-electron chi connectivity index (χ3n) is 3.78. The van der Waals surface area contributed by atoms with Gasteiger partial charge in [0.2, 0.25) is 0 Å². The van der Waals surface area contributed by atoms with Crippen molar-refractivity contribution >= 4 is 34.2 Å². The first kappa shape index (κ1) is 15.6. The van der Waals surface area contributed by atoms with Crippen molar-refractivity contribution in [2.24, 2.45) is 11.8 Å². The maximum absolute atomic E-state index is 13.6. The van der Waals surface area contributed by atoms with Crippen LogP contribution in [-0.2, 0) is 6.54 Å². The highest BCUT2D eigenvalue weighted by Gasteiger charge is 2.19. The van der Waals surface area contributed by atoms with Gasteiger partial charge in [-0.1, -0.05) is 32.4 Å². The molecule has 0 radical (unpaired) electrons. The first-order chi connectivity index (χ1) is 9.31. The Hall–Kier alpha value is -0.800. The SMILES string of the molecule is CC(Cl)c1nc2cc(F)c(Cl)cc2n1CC(C)C(C)C. The zero-order valence-corrected chi connectivity index (χ0v) is 13.6. The Bertz CT molecular complexity index is 620. The van der Waals surface area contributed by atoms with E-state index in [1.54, 1.807) is 6.07 Å². The van der Waals surface area contributed by atoms with E-state index in [-0.39, 0.29) is 10.4 Å². The number of hydrogen-bond acceptors (Lipinski definition) is 1. The van der Waals surface area contributed by atoms with Crippen LogP contribution in [0.5, 0.6) is 0 Å². The Morgan fingerprint density at radius 3 is 2.45 bits per heavy atom. The van der Waals surface area contributed by atoms with E-state index in [2.05, 4.69) is 30.3 Å². The summed E-state index contributed by atoms with van der Waals surface area (Å²) in [6.07, 6.45) is 0. The molecule has 20 heavy (non-hydrogen) atoms. The van der Waals surface area contributed by atoms with Crippen LogP contribution in [0.25, 0.3) is 11.0 Å². The zero-order valence-electron chi connectivity index (χ0n) is 12.1. The van der Waals surface area contributed by atoms with Gasteiger partial charge in [-0.15, -0.1) is 11.6 Å². The molecule has 0 saturated heterocycles. The Balaban J connectivity index is 2.59. The zero-order chi connectivity index (χ0) is 15.0. The lowest BCUT2D eigenvalue weighted by atomic mass is 9.98. The topological polar surface area (TPSA) is 17.8 Å². The van der Waals surface area contributed by atoms with E-state index < -0.39 is 5.82 Å². The molecule has 1 aromatic heterocycles. The summed E-state index contributed by atoms with van der Waals surface area (Å²) < 4.78 is 15.6. The number of aromatic nitrogens is 2. The number of hydrogen-bond donors (Lipinski definition) is 0. The van der Waals surface area contributed by atoms with E-state index in [1.807, 2.05) is 6.92 Å². The van der Waals surface area contributed by atoms with Gasteiger partial charge in [0.05, 0.1) is 21.4 Å². The van der Waals surface area contributed by atoms with E-state index >= 15 is 0 Å². The Morgan fingerprint density at radius 2 is 1.90 bits per heavy atom. The smallest absolute Gasteiger partial charge is 0.144 e. The lowest BCUT2D eigenvalue weighted by molar-refractivity contribution is 0.364. The summed E-state index contributed by atoms with van der Waals surface area (Å²) in [5.41, 5.74) is 1.44. The van der Waals surface area contributed by atoms with Crippen LogP contribution in [0.2, 0.25) is 5.02 Å². The van der Waals surface area contributed by atoms with Crippen LogP contribution in [0, 0.1) is 17.7 Å². The van der Waals surface area contributed by atoms with Crippen molar-refractivity contribution in [2.45, 2.75) is 39.6 Å². The molecular formula is C15H19Cl2FN2. The summed E-state index contributed by atoms with van der Waals surface area (Å²) >= 11 is 12.1. The predicted octanol–water partition coefficient (Wildman–Crippen LogP) is 5.42. The third kappa shape index (κ3) is 2.94. The summed E-state index contributed by atoms with van der Waals surface area (Å²) in [6.45, 7) is 9.21. The molecular weight excluding hydrogens is 298 g/mol. The number of benzene rings is 1. The molecule has 0 aliphatic carbocycles. The second kappa shape index (κ2) is 5.90. The van der Waals surface area contributed by atoms with Crippen LogP contribution in [0.15, 0.2) is 12.1 Å². The minimum absolute atomic E-state index is 0.115. The molecule has 0 bridgehead atoms. The van der Waals surface area contributed by atoms with Crippen LogP contribution < -0.4 is 0 Å². The van der Waals surface area contributed by atoms with E-state index in [1.165, 1.54) is 6.07 Å².